The van der Waals surface area contributed by atoms with Crippen LogP contribution in [-0.2, 0) is 24.9 Å². The fourth-order valence-electron chi connectivity index (χ4n) is 2.77. The number of aliphatic hydroxyl groups is 2. The highest BCUT2D eigenvalue weighted by Crippen LogP contribution is 2.28. The number of nitrogens with one attached hydrogen (secondary N) is 1. The van der Waals surface area contributed by atoms with Crippen LogP contribution in [0.2, 0.25) is 0 Å². The second kappa shape index (κ2) is 14.6. The van der Waals surface area contributed by atoms with Crippen LogP contribution in [-0.4, -0.2) is 103 Å². The lowest BCUT2D eigenvalue weighted by atomic mass is 10.1. The summed E-state index contributed by atoms with van der Waals surface area (Å²) in [7, 11) is -13.9. The zero-order chi connectivity index (χ0) is 31.1. The third kappa shape index (κ3) is 14.2. The first kappa shape index (κ1) is 37.0. The molecule has 1 fully saturated rings. The lowest BCUT2D eigenvalue weighted by Crippen LogP contribution is -2.37. The highest BCUT2D eigenvalue weighted by atomic mass is 31.2. The Labute approximate surface area is 217 Å². The largest absolute Gasteiger partial charge is 0.466 e. The maximum absolute atomic E-state index is 12.8. The number of aromatic nitrogens is 5. The number of rotatable bonds is 3. The summed E-state index contributed by atoms with van der Waals surface area (Å²) in [5, 5.41) is 39.4. The highest BCUT2D eigenvalue weighted by Gasteiger charge is 2.43. The van der Waals surface area contributed by atoms with Crippen molar-refractivity contribution in [2.24, 2.45) is 5.73 Å². The molecule has 26 heteroatoms. The van der Waals surface area contributed by atoms with E-state index in [4.69, 9.17) is 73.6 Å². The van der Waals surface area contributed by atoms with Gasteiger partial charge in [0.25, 0.3) is 5.56 Å². The molecule has 4 atom stereocenters. The van der Waals surface area contributed by atoms with Gasteiger partial charge in [-0.25, -0.2) is 13.7 Å². The third-order valence-electron chi connectivity index (χ3n) is 4.02. The SMILES string of the molecule is CCCc1nn(C(=N)N)c2c(=O)n(C3OC(C)C(O)C3O)nnc12.O=P(O)(O)O.O=P(O)(O)O.O=P(O)(O)O. The average Bonchev–Trinajstić information content (AvgIpc) is 3.19. The second-order valence-corrected chi connectivity index (χ2v) is 10.4. The predicted octanol–water partition coefficient (Wildman–Crippen LogP) is -4.46. The molecule has 3 heterocycles. The zero-order valence-electron chi connectivity index (χ0n) is 19.8. The van der Waals surface area contributed by atoms with E-state index in [0.717, 1.165) is 15.8 Å². The number of phosphoric acid groups is 3. The van der Waals surface area contributed by atoms with Crippen LogP contribution in [0.3, 0.4) is 0 Å². The molecule has 1 aliphatic rings. The molecule has 39 heavy (non-hydrogen) atoms. The number of nitrogens with zero attached hydrogens (tertiary/aromatic N) is 5. The molecule has 0 radical (unpaired) electrons. The van der Waals surface area contributed by atoms with Gasteiger partial charge in [0.15, 0.2) is 11.7 Å². The van der Waals surface area contributed by atoms with Crippen molar-refractivity contribution in [3.63, 3.8) is 0 Å². The first-order valence-electron chi connectivity index (χ1n) is 9.94. The van der Waals surface area contributed by atoms with Gasteiger partial charge < -0.3 is 64.7 Å². The Kier molecular flexibility index (Phi) is 13.8. The Morgan fingerprint density at radius 3 is 1.74 bits per heavy atom. The van der Waals surface area contributed by atoms with Gasteiger partial charge in [0.1, 0.15) is 17.7 Å². The van der Waals surface area contributed by atoms with Crippen LogP contribution in [0.15, 0.2) is 4.79 Å². The van der Waals surface area contributed by atoms with Gasteiger partial charge >= 0.3 is 23.5 Å². The van der Waals surface area contributed by atoms with Crippen LogP contribution >= 0.6 is 23.5 Å². The van der Waals surface area contributed by atoms with Crippen molar-refractivity contribution >= 4 is 40.5 Å². The van der Waals surface area contributed by atoms with Crippen molar-refractivity contribution in [2.75, 3.05) is 0 Å². The van der Waals surface area contributed by atoms with Crippen molar-refractivity contribution in [1.82, 2.24) is 24.8 Å². The second-order valence-electron chi connectivity index (χ2n) is 7.28. The van der Waals surface area contributed by atoms with Crippen LogP contribution in [0.5, 0.6) is 0 Å². The molecule has 226 valence electrons. The van der Waals surface area contributed by atoms with E-state index >= 15 is 0 Å². The summed E-state index contributed by atoms with van der Waals surface area (Å²) in [5.41, 5.74) is 5.61. The zero-order valence-corrected chi connectivity index (χ0v) is 22.5. The number of hydrogen-bond donors (Lipinski definition) is 13. The molecule has 0 saturated carbocycles. The summed E-state index contributed by atoms with van der Waals surface area (Å²) in [6, 6.07) is 0. The maximum Gasteiger partial charge on any atom is 0.466 e. The van der Waals surface area contributed by atoms with E-state index in [-0.39, 0.29) is 11.0 Å². The van der Waals surface area contributed by atoms with E-state index in [1.807, 2.05) is 6.92 Å². The number of nitrogen functional groups attached to an aromatic ring is 1. The molecule has 14 N–H and O–H groups in total. The normalized spacial score (nSPS) is 21.2. The number of aliphatic hydroxyl groups excluding tert-OH is 2. The van der Waals surface area contributed by atoms with Crippen LogP contribution in [0.25, 0.3) is 11.0 Å². The van der Waals surface area contributed by atoms with Crippen molar-refractivity contribution in [3.8, 4) is 0 Å². The van der Waals surface area contributed by atoms with E-state index in [0.29, 0.717) is 12.1 Å². The monoisotopic (exact) mass is 631 g/mol. The fourth-order valence-corrected chi connectivity index (χ4v) is 2.77. The molecule has 1 aliphatic heterocycles. The summed E-state index contributed by atoms with van der Waals surface area (Å²) in [6.45, 7) is 3.52. The van der Waals surface area contributed by atoms with Crippen LogP contribution < -0.4 is 11.3 Å². The smallest absolute Gasteiger partial charge is 0.388 e. The van der Waals surface area contributed by atoms with Gasteiger partial charge in [-0.15, -0.1) is 5.10 Å². The molecule has 0 amide bonds. The summed E-state index contributed by atoms with van der Waals surface area (Å²) in [6.07, 6.45) is -3.00. The predicted molar refractivity (Wildman–Crippen MR) is 125 cm³/mol. The number of fused-ring (bicyclic) bond motifs is 1. The molecule has 0 spiro atoms. The molecule has 3 rings (SSSR count). The number of hydrogen-bond acceptors (Lipinski definition) is 11. The van der Waals surface area contributed by atoms with Crippen molar-refractivity contribution in [1.29, 1.82) is 5.41 Å². The lowest BCUT2D eigenvalue weighted by molar-refractivity contribution is -0.0439. The van der Waals surface area contributed by atoms with E-state index in [9.17, 15) is 15.0 Å². The maximum atomic E-state index is 12.8. The summed E-state index contributed by atoms with van der Waals surface area (Å²) in [5.74, 6) is -0.430. The van der Waals surface area contributed by atoms with Crippen molar-refractivity contribution in [3.05, 3.63) is 16.0 Å². The Morgan fingerprint density at radius 1 is 0.974 bits per heavy atom. The van der Waals surface area contributed by atoms with Gasteiger partial charge in [0.05, 0.1) is 11.8 Å². The molecule has 1 saturated heterocycles. The van der Waals surface area contributed by atoms with Crippen LogP contribution in [0.1, 0.15) is 32.2 Å². The van der Waals surface area contributed by atoms with Crippen molar-refractivity contribution in [2.45, 2.75) is 51.2 Å². The lowest BCUT2D eigenvalue weighted by Gasteiger charge is -2.15. The molecule has 23 nitrogen and oxygen atoms in total. The van der Waals surface area contributed by atoms with E-state index in [2.05, 4.69) is 15.4 Å². The van der Waals surface area contributed by atoms with Crippen LogP contribution in [0.4, 0.5) is 0 Å². The molecule has 4 unspecified atom stereocenters. The number of ether oxygens (including phenoxy) is 1. The summed E-state index contributed by atoms with van der Waals surface area (Å²) < 4.78 is 33.9. The Morgan fingerprint density at radius 2 is 1.41 bits per heavy atom. The fraction of sp³-hybridized carbons (Fsp3) is 0.615. The average molecular weight is 631 g/mol. The van der Waals surface area contributed by atoms with E-state index in [1.54, 1.807) is 6.92 Å². The quantitative estimate of drug-likeness (QED) is 0.0862. The highest BCUT2D eigenvalue weighted by molar-refractivity contribution is 7.45. The molecule has 0 aromatic carbocycles. The van der Waals surface area contributed by atoms with Crippen molar-refractivity contribution < 1.29 is 72.7 Å². The first-order valence-corrected chi connectivity index (χ1v) is 14.6. The summed E-state index contributed by atoms with van der Waals surface area (Å²) in [4.78, 5) is 77.5. The molecule has 2 aromatic rings. The topological polar surface area (TPSA) is 398 Å². The minimum atomic E-state index is -4.64. The molecule has 0 aliphatic carbocycles. The van der Waals surface area contributed by atoms with Gasteiger partial charge in [-0.1, -0.05) is 18.6 Å². The molecular formula is C13H28N7O16P3. The Balaban J connectivity index is 0.000000793. The van der Waals surface area contributed by atoms with Gasteiger partial charge in [-0.05, 0) is 13.3 Å². The standard InChI is InChI=1S/C13H19N7O4.3H3O4P/c1-3-4-6-7-8(19(17-6)13(14)15)11(23)20(18-16-7)12-10(22)9(21)5(2)24-12;3*1-5(2,3)4/h5,9-10,12,21-22H,3-4H2,1-2H3,(H3,14,15);3*(H3,1,2,3,4). The van der Waals surface area contributed by atoms with E-state index < -0.39 is 59.5 Å². The van der Waals surface area contributed by atoms with Gasteiger partial charge in [0, 0.05) is 0 Å². The Bertz CT molecular complexity index is 1240. The van der Waals surface area contributed by atoms with E-state index in [1.165, 1.54) is 0 Å². The van der Waals surface area contributed by atoms with Crippen LogP contribution in [0, 0.1) is 5.41 Å². The third-order valence-corrected chi connectivity index (χ3v) is 4.02. The van der Waals surface area contributed by atoms with Gasteiger partial charge in [-0.2, -0.15) is 14.5 Å². The van der Waals surface area contributed by atoms with Gasteiger partial charge in [0.2, 0.25) is 5.96 Å². The first-order chi connectivity index (χ1) is 17.4. The summed E-state index contributed by atoms with van der Waals surface area (Å²) >= 11 is 0. The molecular weight excluding hydrogens is 603 g/mol. The van der Waals surface area contributed by atoms with Gasteiger partial charge in [-0.3, -0.25) is 10.2 Å². The number of nitrogens with two attached hydrogens (primary N) is 1. The molecule has 2 aromatic heterocycles. The minimum Gasteiger partial charge on any atom is -0.388 e. The minimum absolute atomic E-state index is 0.00853. The molecule has 0 bridgehead atoms. The Hall–Kier alpha value is -2.04. The number of aryl methyl sites for hydroxylation is 1.